The van der Waals surface area contributed by atoms with Crippen molar-refractivity contribution < 1.29 is 19.0 Å². The number of benzene rings is 1. The average Bonchev–Trinajstić information content (AvgIpc) is 2.39. The first kappa shape index (κ1) is 14.3. The van der Waals surface area contributed by atoms with Crippen LogP contribution in [0.25, 0.3) is 0 Å². The summed E-state index contributed by atoms with van der Waals surface area (Å²) in [6, 6.07) is 9.54. The lowest BCUT2D eigenvalue weighted by Crippen LogP contribution is -2.12. The van der Waals surface area contributed by atoms with E-state index in [0.29, 0.717) is 19.8 Å². The molecule has 0 spiro atoms. The van der Waals surface area contributed by atoms with Crippen LogP contribution in [0, 0.1) is 0 Å². The second-order valence-electron chi connectivity index (χ2n) is 3.44. The highest BCUT2D eigenvalue weighted by Gasteiger charge is 1.96. The smallest absolute Gasteiger partial charge is 0.330 e. The van der Waals surface area contributed by atoms with E-state index >= 15 is 0 Å². The summed E-state index contributed by atoms with van der Waals surface area (Å²) >= 11 is 0. The summed E-state index contributed by atoms with van der Waals surface area (Å²) in [5, 5.41) is 0. The maximum Gasteiger partial charge on any atom is 0.330 e. The van der Waals surface area contributed by atoms with E-state index in [1.165, 1.54) is 6.08 Å². The molecule has 1 rings (SSSR count). The van der Waals surface area contributed by atoms with Gasteiger partial charge in [0.15, 0.2) is 0 Å². The Morgan fingerprint density at radius 3 is 2.56 bits per heavy atom. The van der Waals surface area contributed by atoms with Crippen molar-refractivity contribution in [1.29, 1.82) is 0 Å². The third-order valence-electron chi connectivity index (χ3n) is 2.01. The van der Waals surface area contributed by atoms with Gasteiger partial charge in [-0.2, -0.15) is 0 Å². The fraction of sp³-hybridized carbons (Fsp3) is 0.357. The van der Waals surface area contributed by atoms with Gasteiger partial charge in [-0.25, -0.2) is 4.79 Å². The van der Waals surface area contributed by atoms with Crippen molar-refractivity contribution >= 4 is 5.97 Å². The minimum Gasteiger partial charge on any atom is -0.491 e. The summed E-state index contributed by atoms with van der Waals surface area (Å²) in [6.07, 6.45) is 3.01. The highest BCUT2D eigenvalue weighted by atomic mass is 16.6. The Balaban J connectivity index is 1.95. The van der Waals surface area contributed by atoms with Crippen LogP contribution in [0.15, 0.2) is 42.5 Å². The summed E-state index contributed by atoms with van der Waals surface area (Å²) in [5.41, 5.74) is 0. The van der Waals surface area contributed by atoms with Crippen LogP contribution in [0.5, 0.6) is 5.75 Å². The van der Waals surface area contributed by atoms with Crippen LogP contribution >= 0.6 is 0 Å². The number of rotatable bonds is 8. The van der Waals surface area contributed by atoms with Gasteiger partial charge in [-0.05, 0) is 19.1 Å². The molecule has 0 atom stereocenters. The van der Waals surface area contributed by atoms with Gasteiger partial charge < -0.3 is 14.2 Å². The first-order valence-electron chi connectivity index (χ1n) is 5.88. The molecular weight excluding hydrogens is 232 g/mol. The lowest BCUT2D eigenvalue weighted by atomic mass is 10.3. The van der Waals surface area contributed by atoms with Crippen molar-refractivity contribution in [3.05, 3.63) is 42.5 Å². The molecule has 1 aromatic rings. The number of hydrogen-bond acceptors (Lipinski definition) is 4. The van der Waals surface area contributed by atoms with Crippen molar-refractivity contribution in [3.8, 4) is 5.75 Å². The normalized spacial score (nSPS) is 10.5. The molecule has 0 heterocycles. The van der Waals surface area contributed by atoms with Gasteiger partial charge >= 0.3 is 5.97 Å². The van der Waals surface area contributed by atoms with Crippen LogP contribution in [0.4, 0.5) is 0 Å². The Morgan fingerprint density at radius 1 is 1.11 bits per heavy atom. The Bertz CT molecular complexity index is 359. The van der Waals surface area contributed by atoms with E-state index in [-0.39, 0.29) is 12.6 Å². The Morgan fingerprint density at radius 2 is 1.83 bits per heavy atom. The SMILES string of the molecule is C/C=C/C(=O)OCCOCCOc1ccccc1. The lowest BCUT2D eigenvalue weighted by molar-refractivity contribution is -0.139. The first-order chi connectivity index (χ1) is 8.83. The minimum atomic E-state index is -0.346. The number of allylic oxidation sites excluding steroid dienone is 1. The highest BCUT2D eigenvalue weighted by molar-refractivity contribution is 5.81. The van der Waals surface area contributed by atoms with Gasteiger partial charge in [0.1, 0.15) is 19.0 Å². The molecule has 0 radical (unpaired) electrons. The van der Waals surface area contributed by atoms with Gasteiger partial charge in [-0.3, -0.25) is 0 Å². The molecule has 1 aromatic carbocycles. The predicted octanol–water partition coefficient (Wildman–Crippen LogP) is 2.20. The summed E-state index contributed by atoms with van der Waals surface area (Å²) in [5.74, 6) is 0.474. The predicted molar refractivity (Wildman–Crippen MR) is 68.5 cm³/mol. The van der Waals surface area contributed by atoms with Crippen LogP contribution in [0.1, 0.15) is 6.92 Å². The summed E-state index contributed by atoms with van der Waals surface area (Å²) in [7, 11) is 0. The van der Waals surface area contributed by atoms with Gasteiger partial charge in [0.05, 0.1) is 13.2 Å². The van der Waals surface area contributed by atoms with E-state index in [1.807, 2.05) is 30.3 Å². The fourth-order valence-electron chi connectivity index (χ4n) is 1.22. The molecule has 98 valence electrons. The van der Waals surface area contributed by atoms with E-state index < -0.39 is 0 Å². The van der Waals surface area contributed by atoms with E-state index in [1.54, 1.807) is 13.0 Å². The van der Waals surface area contributed by atoms with Gasteiger partial charge in [0.25, 0.3) is 0 Å². The van der Waals surface area contributed by atoms with Crippen molar-refractivity contribution in [2.75, 3.05) is 26.4 Å². The molecule has 4 nitrogen and oxygen atoms in total. The number of hydrogen-bond donors (Lipinski definition) is 0. The van der Waals surface area contributed by atoms with Crippen molar-refractivity contribution in [1.82, 2.24) is 0 Å². The largest absolute Gasteiger partial charge is 0.491 e. The van der Waals surface area contributed by atoms with Gasteiger partial charge in [-0.1, -0.05) is 24.3 Å². The molecule has 0 saturated carbocycles. The molecule has 0 aliphatic carbocycles. The molecule has 0 saturated heterocycles. The van der Waals surface area contributed by atoms with Gasteiger partial charge in [-0.15, -0.1) is 0 Å². The van der Waals surface area contributed by atoms with Crippen molar-refractivity contribution in [3.63, 3.8) is 0 Å². The maximum atomic E-state index is 10.9. The molecule has 0 aliphatic rings. The zero-order valence-corrected chi connectivity index (χ0v) is 10.5. The maximum absolute atomic E-state index is 10.9. The zero-order valence-electron chi connectivity index (χ0n) is 10.5. The molecule has 4 heteroatoms. The number of para-hydroxylation sites is 1. The van der Waals surface area contributed by atoms with Crippen LogP contribution in [-0.4, -0.2) is 32.4 Å². The Kier molecular flexibility index (Phi) is 7.32. The monoisotopic (exact) mass is 250 g/mol. The standard InChI is InChI=1S/C14H18O4/c1-2-6-14(15)18-12-10-16-9-11-17-13-7-4-3-5-8-13/h2-8H,9-12H2,1H3/b6-2+. The summed E-state index contributed by atoms with van der Waals surface area (Å²) < 4.78 is 15.5. The van der Waals surface area contributed by atoms with E-state index in [0.717, 1.165) is 5.75 Å². The Labute approximate surface area is 107 Å². The fourth-order valence-corrected chi connectivity index (χ4v) is 1.22. The van der Waals surface area contributed by atoms with E-state index in [4.69, 9.17) is 14.2 Å². The molecule has 0 aromatic heterocycles. The van der Waals surface area contributed by atoms with Crippen LogP contribution in [-0.2, 0) is 14.3 Å². The molecule has 0 aliphatic heterocycles. The minimum absolute atomic E-state index is 0.258. The van der Waals surface area contributed by atoms with Crippen LogP contribution in [0.2, 0.25) is 0 Å². The van der Waals surface area contributed by atoms with Gasteiger partial charge in [0.2, 0.25) is 0 Å². The van der Waals surface area contributed by atoms with E-state index in [2.05, 4.69) is 0 Å². The van der Waals surface area contributed by atoms with Crippen LogP contribution in [0.3, 0.4) is 0 Å². The van der Waals surface area contributed by atoms with E-state index in [9.17, 15) is 4.79 Å². The zero-order chi connectivity index (χ0) is 13.1. The molecule has 18 heavy (non-hydrogen) atoms. The summed E-state index contributed by atoms with van der Waals surface area (Å²) in [6.45, 7) is 3.34. The second-order valence-corrected chi connectivity index (χ2v) is 3.44. The number of carbonyl (C=O) groups excluding carboxylic acids is 1. The molecule has 0 fully saturated rings. The summed E-state index contributed by atoms with van der Waals surface area (Å²) in [4.78, 5) is 10.9. The molecule has 0 N–H and O–H groups in total. The molecular formula is C14H18O4. The second kappa shape index (κ2) is 9.24. The topological polar surface area (TPSA) is 44.8 Å². The lowest BCUT2D eigenvalue weighted by Gasteiger charge is -2.07. The third kappa shape index (κ3) is 6.70. The quantitative estimate of drug-likeness (QED) is 0.403. The molecule has 0 bridgehead atoms. The molecule has 0 amide bonds. The average molecular weight is 250 g/mol. The number of esters is 1. The van der Waals surface area contributed by atoms with Crippen molar-refractivity contribution in [2.24, 2.45) is 0 Å². The van der Waals surface area contributed by atoms with Crippen LogP contribution < -0.4 is 4.74 Å². The first-order valence-corrected chi connectivity index (χ1v) is 5.88. The van der Waals surface area contributed by atoms with Crippen molar-refractivity contribution in [2.45, 2.75) is 6.92 Å². The Hall–Kier alpha value is -1.81. The third-order valence-corrected chi connectivity index (χ3v) is 2.01. The molecule has 0 unspecified atom stereocenters. The van der Waals surface area contributed by atoms with Gasteiger partial charge in [0, 0.05) is 6.08 Å². The number of carbonyl (C=O) groups is 1. The number of ether oxygens (including phenoxy) is 3. The highest BCUT2D eigenvalue weighted by Crippen LogP contribution is 2.07.